The molecule has 0 bridgehead atoms. The molecule has 2 N–H and O–H groups in total. The smallest absolute Gasteiger partial charge is 0.321 e. The predicted octanol–water partition coefficient (Wildman–Crippen LogP) is 5.53. The first-order valence-corrected chi connectivity index (χ1v) is 14.8. The zero-order valence-electron chi connectivity index (χ0n) is 22.7. The van der Waals surface area contributed by atoms with E-state index in [4.69, 9.17) is 0 Å². The summed E-state index contributed by atoms with van der Waals surface area (Å²) < 4.78 is 14.4. The van der Waals surface area contributed by atoms with Crippen LogP contribution in [0.5, 0.6) is 0 Å². The molecule has 39 heavy (non-hydrogen) atoms. The molecule has 4 atom stereocenters. The summed E-state index contributed by atoms with van der Waals surface area (Å²) >= 11 is 1.47. The number of nitrogens with zero attached hydrogens (tertiary/aromatic N) is 3. The summed E-state index contributed by atoms with van der Waals surface area (Å²) in [5, 5.41) is 6.79. The third-order valence-electron chi connectivity index (χ3n) is 8.36. The number of benzene rings is 2. The molecule has 9 heteroatoms. The van der Waals surface area contributed by atoms with Crippen molar-refractivity contribution in [1.82, 2.24) is 20.1 Å². The average Bonchev–Trinajstić information content (AvgIpc) is 3.33. The van der Waals surface area contributed by atoms with Gasteiger partial charge in [0.25, 0.3) is 0 Å². The summed E-state index contributed by atoms with van der Waals surface area (Å²) in [5.74, 6) is 0.640. The molecule has 2 aliphatic rings. The van der Waals surface area contributed by atoms with E-state index in [0.29, 0.717) is 11.0 Å². The summed E-state index contributed by atoms with van der Waals surface area (Å²) in [5.41, 5.74) is 2.05. The van der Waals surface area contributed by atoms with E-state index >= 15 is 0 Å². The van der Waals surface area contributed by atoms with Gasteiger partial charge in [-0.25, -0.2) is 14.2 Å². The summed E-state index contributed by atoms with van der Waals surface area (Å²) in [4.78, 5) is 34.1. The number of rotatable bonds is 7. The van der Waals surface area contributed by atoms with Crippen LogP contribution in [0, 0.1) is 17.7 Å². The first-order valence-electron chi connectivity index (χ1n) is 14.0. The van der Waals surface area contributed by atoms with Gasteiger partial charge in [-0.2, -0.15) is 0 Å². The fourth-order valence-corrected chi connectivity index (χ4v) is 7.10. The lowest BCUT2D eigenvalue weighted by atomic mass is 9.80. The van der Waals surface area contributed by atoms with Crippen LogP contribution < -0.4 is 10.6 Å². The molecule has 1 aliphatic carbocycles. The van der Waals surface area contributed by atoms with Gasteiger partial charge >= 0.3 is 6.03 Å². The standard InChI is InChI=1S/C30H38FN5O2S/c1-20(37)35(2)25-13-14-26(32-29(38)34-30-33-27-7-3-4-8-28(27)39-30)23(17-25)19-36-15-5-6-22(18-36)16-21-9-11-24(31)12-10-21/h3-4,7-12,22-23,25-26H,5-6,13-19H2,1-2H3,(H2,32,33,34,38)/t22-,23-,25+,26+/m0/s1. The molecule has 0 radical (unpaired) electrons. The fourth-order valence-electron chi connectivity index (χ4n) is 6.24. The average molecular weight is 552 g/mol. The summed E-state index contributed by atoms with van der Waals surface area (Å²) in [6.07, 6.45) is 5.80. The van der Waals surface area contributed by atoms with Crippen LogP contribution in [-0.2, 0) is 11.2 Å². The SMILES string of the molecule is CC(=O)N(C)[C@@H]1CC[C@@H](NC(=O)Nc2nc3ccccc3s2)[C@H](CN2CCC[C@@H](Cc3ccc(F)cc3)C2)C1. The number of nitrogens with one attached hydrogen (secondary N) is 2. The highest BCUT2D eigenvalue weighted by atomic mass is 32.1. The molecule has 0 unspecified atom stereocenters. The number of piperidine rings is 1. The molecule has 1 aromatic heterocycles. The molecular formula is C30H38FN5O2S. The van der Waals surface area contributed by atoms with E-state index in [1.54, 1.807) is 19.1 Å². The van der Waals surface area contributed by atoms with Crippen LogP contribution in [-0.4, -0.2) is 65.5 Å². The van der Waals surface area contributed by atoms with Gasteiger partial charge in [0, 0.05) is 39.1 Å². The normalized spacial score (nSPS) is 23.9. The number of para-hydroxylation sites is 1. The topological polar surface area (TPSA) is 77.6 Å². The van der Waals surface area contributed by atoms with Crippen LogP contribution in [0.4, 0.5) is 14.3 Å². The van der Waals surface area contributed by atoms with Crippen molar-refractivity contribution >= 4 is 38.6 Å². The second kappa shape index (κ2) is 12.4. The van der Waals surface area contributed by atoms with Gasteiger partial charge in [0.15, 0.2) is 5.13 Å². The third-order valence-corrected chi connectivity index (χ3v) is 9.32. The van der Waals surface area contributed by atoms with Crippen molar-refractivity contribution in [2.75, 3.05) is 32.0 Å². The van der Waals surface area contributed by atoms with Crippen LogP contribution in [0.2, 0.25) is 0 Å². The van der Waals surface area contributed by atoms with E-state index < -0.39 is 0 Å². The van der Waals surface area contributed by atoms with Crippen LogP contribution >= 0.6 is 11.3 Å². The number of carbonyl (C=O) groups is 2. The molecule has 0 spiro atoms. The predicted molar refractivity (Wildman–Crippen MR) is 154 cm³/mol. The van der Waals surface area contributed by atoms with Crippen molar-refractivity contribution in [3.8, 4) is 0 Å². The van der Waals surface area contributed by atoms with E-state index in [2.05, 4.69) is 20.5 Å². The molecule has 2 fully saturated rings. The first kappa shape index (κ1) is 27.5. The van der Waals surface area contributed by atoms with Gasteiger partial charge in [-0.15, -0.1) is 0 Å². The molecule has 1 aliphatic heterocycles. The zero-order chi connectivity index (χ0) is 27.4. The van der Waals surface area contributed by atoms with Gasteiger partial charge in [-0.3, -0.25) is 10.1 Å². The van der Waals surface area contributed by atoms with Gasteiger partial charge in [0.2, 0.25) is 5.91 Å². The zero-order valence-corrected chi connectivity index (χ0v) is 23.6. The van der Waals surface area contributed by atoms with E-state index in [-0.39, 0.29) is 35.8 Å². The maximum Gasteiger partial charge on any atom is 0.321 e. The van der Waals surface area contributed by atoms with Gasteiger partial charge in [0.1, 0.15) is 5.82 Å². The minimum atomic E-state index is -0.227. The lowest BCUT2D eigenvalue weighted by Gasteiger charge is -2.43. The Balaban J connectivity index is 1.23. The highest BCUT2D eigenvalue weighted by molar-refractivity contribution is 7.22. The van der Waals surface area contributed by atoms with Crippen molar-refractivity contribution < 1.29 is 14.0 Å². The molecule has 208 valence electrons. The Labute approximate surface area is 233 Å². The summed E-state index contributed by atoms with van der Waals surface area (Å²) in [7, 11) is 1.89. The number of anilines is 1. The molecular weight excluding hydrogens is 513 g/mol. The number of urea groups is 1. The highest BCUT2D eigenvalue weighted by Gasteiger charge is 2.36. The number of likely N-dealkylation sites (tertiary alicyclic amines) is 1. The largest absolute Gasteiger partial charge is 0.343 e. The van der Waals surface area contributed by atoms with Gasteiger partial charge < -0.3 is 15.1 Å². The number of carbonyl (C=O) groups excluding carboxylic acids is 2. The Morgan fingerprint density at radius 2 is 1.92 bits per heavy atom. The quantitative estimate of drug-likeness (QED) is 0.405. The van der Waals surface area contributed by atoms with Gasteiger partial charge in [-0.05, 0) is 86.7 Å². The number of hydrogen-bond acceptors (Lipinski definition) is 5. The molecule has 3 amide bonds. The Kier molecular flexibility index (Phi) is 8.77. The maximum absolute atomic E-state index is 13.4. The second-order valence-electron chi connectivity index (χ2n) is 11.1. The van der Waals surface area contributed by atoms with Crippen LogP contribution in [0.1, 0.15) is 44.6 Å². The number of hydrogen-bond donors (Lipinski definition) is 2. The Morgan fingerprint density at radius 3 is 2.69 bits per heavy atom. The van der Waals surface area contributed by atoms with Crippen LogP contribution in [0.3, 0.4) is 0 Å². The first-order chi connectivity index (χ1) is 18.8. The lowest BCUT2D eigenvalue weighted by Crippen LogP contribution is -2.53. The van der Waals surface area contributed by atoms with Gasteiger partial charge in [0.05, 0.1) is 10.2 Å². The number of halogens is 1. The van der Waals surface area contributed by atoms with Crippen LogP contribution in [0.25, 0.3) is 10.2 Å². The van der Waals surface area contributed by atoms with E-state index in [1.807, 2.05) is 48.3 Å². The Hall–Kier alpha value is -3.04. The van der Waals surface area contributed by atoms with Crippen molar-refractivity contribution in [3.63, 3.8) is 0 Å². The Bertz CT molecular complexity index is 1250. The van der Waals surface area contributed by atoms with E-state index in [9.17, 15) is 14.0 Å². The van der Waals surface area contributed by atoms with Gasteiger partial charge in [-0.1, -0.05) is 35.6 Å². The van der Waals surface area contributed by atoms with Crippen LogP contribution in [0.15, 0.2) is 48.5 Å². The minimum absolute atomic E-state index is 0.0217. The second-order valence-corrected chi connectivity index (χ2v) is 12.2. The molecule has 3 aromatic rings. The molecule has 2 heterocycles. The lowest BCUT2D eigenvalue weighted by molar-refractivity contribution is -0.130. The summed E-state index contributed by atoms with van der Waals surface area (Å²) in [6, 6.07) is 14.7. The number of thiazole rings is 1. The molecule has 1 saturated heterocycles. The number of fused-ring (bicyclic) bond motifs is 1. The van der Waals surface area contributed by atoms with Crippen molar-refractivity contribution in [3.05, 3.63) is 59.9 Å². The monoisotopic (exact) mass is 551 g/mol. The van der Waals surface area contributed by atoms with Crippen molar-refractivity contribution in [2.24, 2.45) is 11.8 Å². The van der Waals surface area contributed by atoms with E-state index in [1.165, 1.54) is 23.3 Å². The number of aromatic nitrogens is 1. The molecule has 1 saturated carbocycles. The fraction of sp³-hybridized carbons (Fsp3) is 0.500. The van der Waals surface area contributed by atoms with Crippen molar-refractivity contribution in [2.45, 2.75) is 57.5 Å². The van der Waals surface area contributed by atoms with E-state index in [0.717, 1.165) is 62.0 Å². The number of amides is 3. The summed E-state index contributed by atoms with van der Waals surface area (Å²) in [6.45, 7) is 4.53. The molecule has 2 aromatic carbocycles. The highest BCUT2D eigenvalue weighted by Crippen LogP contribution is 2.31. The molecule has 7 nitrogen and oxygen atoms in total. The Morgan fingerprint density at radius 1 is 1.13 bits per heavy atom. The third kappa shape index (κ3) is 7.13. The molecule has 5 rings (SSSR count). The minimum Gasteiger partial charge on any atom is -0.343 e. The maximum atomic E-state index is 13.4. The van der Waals surface area contributed by atoms with Crippen molar-refractivity contribution in [1.29, 1.82) is 0 Å².